The summed E-state index contributed by atoms with van der Waals surface area (Å²) in [4.78, 5) is 11.9. The molecular formula is C15H28N4O2. The van der Waals surface area contributed by atoms with Crippen molar-refractivity contribution in [2.75, 3.05) is 11.9 Å². The zero-order valence-corrected chi connectivity index (χ0v) is 13.7. The molecule has 0 radical (unpaired) electrons. The van der Waals surface area contributed by atoms with Gasteiger partial charge in [-0.05, 0) is 24.7 Å². The molecule has 1 heterocycles. The maximum atomic E-state index is 11.9. The summed E-state index contributed by atoms with van der Waals surface area (Å²) < 4.78 is 1.82. The number of anilines is 1. The van der Waals surface area contributed by atoms with Gasteiger partial charge < -0.3 is 15.7 Å². The maximum absolute atomic E-state index is 11.9. The van der Waals surface area contributed by atoms with Crippen LogP contribution in [0.15, 0.2) is 12.4 Å². The van der Waals surface area contributed by atoms with Crippen LogP contribution in [-0.4, -0.2) is 33.6 Å². The highest BCUT2D eigenvalue weighted by Gasteiger charge is 2.21. The van der Waals surface area contributed by atoms with Crippen LogP contribution in [-0.2, 0) is 6.54 Å². The van der Waals surface area contributed by atoms with Gasteiger partial charge in [0.2, 0.25) is 0 Å². The Hall–Kier alpha value is -1.56. The average Bonchev–Trinajstić information content (AvgIpc) is 2.71. The standard InChI is InChI=1S/C15H28N4O2/c1-11(2)8-19-9-13(7-17-19)18-14(21)16-10-15(4,5)6-12(3)20/h7,9,11-12,20H,6,8,10H2,1-5H3,(H2,16,18,21). The maximum Gasteiger partial charge on any atom is 0.319 e. The van der Waals surface area contributed by atoms with Crippen molar-refractivity contribution in [3.63, 3.8) is 0 Å². The number of nitrogens with one attached hydrogen (secondary N) is 2. The molecule has 3 N–H and O–H groups in total. The Morgan fingerprint density at radius 1 is 1.43 bits per heavy atom. The molecule has 2 amide bonds. The molecule has 1 aromatic rings. The largest absolute Gasteiger partial charge is 0.393 e. The molecule has 21 heavy (non-hydrogen) atoms. The van der Waals surface area contributed by atoms with Gasteiger partial charge in [-0.15, -0.1) is 0 Å². The Labute approximate surface area is 126 Å². The van der Waals surface area contributed by atoms with Gasteiger partial charge in [0, 0.05) is 19.3 Å². The first-order valence-corrected chi connectivity index (χ1v) is 7.43. The SMILES string of the molecule is CC(C)Cn1cc(NC(=O)NCC(C)(C)CC(C)O)cn1. The zero-order chi connectivity index (χ0) is 16.0. The van der Waals surface area contributed by atoms with Crippen LogP contribution in [0, 0.1) is 11.3 Å². The molecule has 0 spiro atoms. The number of hydrogen-bond acceptors (Lipinski definition) is 3. The molecule has 1 unspecified atom stereocenters. The van der Waals surface area contributed by atoms with Gasteiger partial charge in [-0.25, -0.2) is 4.79 Å². The molecule has 1 atom stereocenters. The van der Waals surface area contributed by atoms with Gasteiger partial charge in [0.1, 0.15) is 0 Å². The number of urea groups is 1. The fourth-order valence-electron chi connectivity index (χ4n) is 2.27. The van der Waals surface area contributed by atoms with Crippen LogP contribution in [0.3, 0.4) is 0 Å². The van der Waals surface area contributed by atoms with Crippen molar-refractivity contribution >= 4 is 11.7 Å². The number of amides is 2. The summed E-state index contributed by atoms with van der Waals surface area (Å²) in [6, 6.07) is -0.252. The number of aromatic nitrogens is 2. The van der Waals surface area contributed by atoms with Crippen molar-refractivity contribution in [3.05, 3.63) is 12.4 Å². The number of carbonyl (C=O) groups excluding carboxylic acids is 1. The van der Waals surface area contributed by atoms with E-state index in [4.69, 9.17) is 0 Å². The number of aliphatic hydroxyl groups is 1. The predicted octanol–water partition coefficient (Wildman–Crippen LogP) is 2.46. The molecule has 0 aliphatic heterocycles. The highest BCUT2D eigenvalue weighted by atomic mass is 16.3. The third-order valence-corrected chi connectivity index (χ3v) is 3.02. The van der Waals surface area contributed by atoms with E-state index in [9.17, 15) is 9.90 Å². The van der Waals surface area contributed by atoms with Crippen LogP contribution >= 0.6 is 0 Å². The van der Waals surface area contributed by atoms with Gasteiger partial charge >= 0.3 is 6.03 Å². The minimum atomic E-state index is -0.376. The number of rotatable bonds is 7. The lowest BCUT2D eigenvalue weighted by atomic mass is 9.87. The predicted molar refractivity (Wildman–Crippen MR) is 84.2 cm³/mol. The van der Waals surface area contributed by atoms with Gasteiger partial charge in [0.15, 0.2) is 0 Å². The second-order valence-corrected chi connectivity index (χ2v) is 6.87. The summed E-state index contributed by atoms with van der Waals surface area (Å²) >= 11 is 0. The highest BCUT2D eigenvalue weighted by Crippen LogP contribution is 2.21. The van der Waals surface area contributed by atoms with Gasteiger partial charge in [-0.2, -0.15) is 5.10 Å². The molecule has 0 aliphatic carbocycles. The van der Waals surface area contributed by atoms with E-state index < -0.39 is 0 Å². The quantitative estimate of drug-likeness (QED) is 0.723. The van der Waals surface area contributed by atoms with Crippen molar-refractivity contribution < 1.29 is 9.90 Å². The summed E-state index contributed by atoms with van der Waals surface area (Å²) in [5.41, 5.74) is 0.536. The molecule has 0 aromatic carbocycles. The van der Waals surface area contributed by atoms with Crippen molar-refractivity contribution in [1.29, 1.82) is 0 Å². The first-order chi connectivity index (χ1) is 9.68. The van der Waals surface area contributed by atoms with E-state index in [0.29, 0.717) is 24.6 Å². The molecule has 0 saturated heterocycles. The molecule has 6 nitrogen and oxygen atoms in total. The van der Waals surface area contributed by atoms with Crippen molar-refractivity contribution in [3.8, 4) is 0 Å². The Morgan fingerprint density at radius 2 is 2.10 bits per heavy atom. The van der Waals surface area contributed by atoms with Crippen LogP contribution in [0.4, 0.5) is 10.5 Å². The van der Waals surface area contributed by atoms with Crippen molar-refractivity contribution in [2.24, 2.45) is 11.3 Å². The fraction of sp³-hybridized carbons (Fsp3) is 0.733. The highest BCUT2D eigenvalue weighted by molar-refractivity contribution is 5.88. The number of aliphatic hydroxyl groups excluding tert-OH is 1. The Kier molecular flexibility index (Phi) is 6.20. The van der Waals surface area contributed by atoms with E-state index in [2.05, 4.69) is 29.6 Å². The second kappa shape index (κ2) is 7.45. The summed E-state index contributed by atoms with van der Waals surface area (Å²) in [5, 5.41) is 19.2. The summed E-state index contributed by atoms with van der Waals surface area (Å²) in [7, 11) is 0. The Morgan fingerprint density at radius 3 is 2.67 bits per heavy atom. The first-order valence-electron chi connectivity index (χ1n) is 7.43. The fourth-order valence-corrected chi connectivity index (χ4v) is 2.27. The molecule has 0 aliphatic rings. The molecule has 0 saturated carbocycles. The minimum Gasteiger partial charge on any atom is -0.393 e. The molecule has 0 bridgehead atoms. The van der Waals surface area contributed by atoms with Gasteiger partial charge in [0.05, 0.1) is 18.0 Å². The third kappa shape index (κ3) is 7.13. The zero-order valence-electron chi connectivity index (χ0n) is 13.7. The lowest BCUT2D eigenvalue weighted by Gasteiger charge is -2.26. The van der Waals surface area contributed by atoms with Crippen molar-refractivity contribution in [2.45, 2.75) is 53.7 Å². The van der Waals surface area contributed by atoms with E-state index in [-0.39, 0.29) is 17.6 Å². The van der Waals surface area contributed by atoms with Crippen molar-refractivity contribution in [1.82, 2.24) is 15.1 Å². The second-order valence-electron chi connectivity index (χ2n) is 6.87. The van der Waals surface area contributed by atoms with Crippen LogP contribution < -0.4 is 10.6 Å². The van der Waals surface area contributed by atoms with E-state index in [1.165, 1.54) is 0 Å². The molecule has 0 fully saturated rings. The lowest BCUT2D eigenvalue weighted by Crippen LogP contribution is -2.38. The van der Waals surface area contributed by atoms with Gasteiger partial charge in [-0.3, -0.25) is 4.68 Å². The minimum absolute atomic E-state index is 0.146. The molecule has 6 heteroatoms. The average molecular weight is 296 g/mol. The number of nitrogens with zero attached hydrogens (tertiary/aromatic N) is 2. The van der Waals surface area contributed by atoms with Crippen LogP contribution in [0.5, 0.6) is 0 Å². The van der Waals surface area contributed by atoms with E-state index in [1.807, 2.05) is 24.7 Å². The van der Waals surface area contributed by atoms with Gasteiger partial charge in [-0.1, -0.05) is 27.7 Å². The van der Waals surface area contributed by atoms with Crippen LogP contribution in [0.25, 0.3) is 0 Å². The Bertz CT molecular complexity index is 452. The lowest BCUT2D eigenvalue weighted by molar-refractivity contribution is 0.129. The normalized spacial score (nSPS) is 13.3. The van der Waals surface area contributed by atoms with Crippen LogP contribution in [0.2, 0.25) is 0 Å². The van der Waals surface area contributed by atoms with E-state index >= 15 is 0 Å². The molecular weight excluding hydrogens is 268 g/mol. The molecule has 120 valence electrons. The summed E-state index contributed by atoms with van der Waals surface area (Å²) in [6.07, 6.45) is 3.72. The smallest absolute Gasteiger partial charge is 0.319 e. The summed E-state index contributed by atoms with van der Waals surface area (Å²) in [5.74, 6) is 0.507. The number of carbonyl (C=O) groups is 1. The third-order valence-electron chi connectivity index (χ3n) is 3.02. The molecule has 1 aromatic heterocycles. The summed E-state index contributed by atoms with van der Waals surface area (Å²) in [6.45, 7) is 11.3. The van der Waals surface area contributed by atoms with E-state index in [0.717, 1.165) is 6.54 Å². The number of hydrogen-bond donors (Lipinski definition) is 3. The molecule has 1 rings (SSSR count). The van der Waals surface area contributed by atoms with Gasteiger partial charge in [0.25, 0.3) is 0 Å². The van der Waals surface area contributed by atoms with Crippen LogP contribution in [0.1, 0.15) is 41.0 Å². The monoisotopic (exact) mass is 296 g/mol. The first kappa shape index (κ1) is 17.5. The Balaban J connectivity index is 2.41. The van der Waals surface area contributed by atoms with E-state index in [1.54, 1.807) is 13.1 Å². The topological polar surface area (TPSA) is 79.2 Å².